The Kier molecular flexibility index (Phi) is 4.74. The first-order chi connectivity index (χ1) is 11.2. The first kappa shape index (κ1) is 15.7. The van der Waals surface area contributed by atoms with E-state index in [0.29, 0.717) is 12.8 Å². The van der Waals surface area contributed by atoms with Gasteiger partial charge in [-0.3, -0.25) is 14.9 Å². The van der Waals surface area contributed by atoms with Gasteiger partial charge < -0.3 is 9.53 Å². The van der Waals surface area contributed by atoms with Crippen molar-refractivity contribution in [3.63, 3.8) is 0 Å². The van der Waals surface area contributed by atoms with E-state index in [1.165, 1.54) is 0 Å². The molecule has 0 spiro atoms. The molecule has 1 N–H and O–H groups in total. The third-order valence-corrected chi connectivity index (χ3v) is 4.74. The molecule has 1 aliphatic carbocycles. The molecule has 0 aromatic heterocycles. The molecule has 1 aromatic rings. The Morgan fingerprint density at radius 1 is 1.00 bits per heavy atom. The second-order valence-corrected chi connectivity index (χ2v) is 6.36. The zero-order valence-corrected chi connectivity index (χ0v) is 13.0. The normalized spacial score (nSPS) is 28.1. The summed E-state index contributed by atoms with van der Waals surface area (Å²) in [6.07, 6.45) is 5.73. The van der Waals surface area contributed by atoms with Gasteiger partial charge in [0, 0.05) is 12.3 Å². The van der Waals surface area contributed by atoms with E-state index in [4.69, 9.17) is 4.74 Å². The molecule has 5 heteroatoms. The Morgan fingerprint density at radius 2 is 1.70 bits per heavy atom. The maximum atomic E-state index is 11.9. The topological polar surface area (TPSA) is 72.5 Å². The van der Waals surface area contributed by atoms with E-state index in [-0.39, 0.29) is 29.8 Å². The van der Waals surface area contributed by atoms with Gasteiger partial charge in [-0.15, -0.1) is 0 Å². The fraction of sp³-hybridized carbons (Fsp3) is 0.500. The van der Waals surface area contributed by atoms with Gasteiger partial charge in [0.1, 0.15) is 12.0 Å². The average molecular weight is 315 g/mol. The summed E-state index contributed by atoms with van der Waals surface area (Å²) in [5.74, 6) is 0.296. The molecular formula is C18H21NO4. The van der Waals surface area contributed by atoms with Crippen molar-refractivity contribution in [3.05, 3.63) is 29.8 Å². The van der Waals surface area contributed by atoms with Gasteiger partial charge in [0.25, 0.3) is 0 Å². The van der Waals surface area contributed by atoms with Crippen LogP contribution >= 0.6 is 0 Å². The third kappa shape index (κ3) is 3.78. The minimum Gasteiger partial charge on any atom is -0.490 e. The molecule has 122 valence electrons. The smallest absolute Gasteiger partial charge is 0.234 e. The van der Waals surface area contributed by atoms with Crippen molar-refractivity contribution in [2.45, 2.75) is 50.5 Å². The van der Waals surface area contributed by atoms with Crippen LogP contribution < -0.4 is 10.1 Å². The lowest BCUT2D eigenvalue weighted by molar-refractivity contribution is -0.134. The van der Waals surface area contributed by atoms with Crippen LogP contribution in [0.2, 0.25) is 0 Å². The monoisotopic (exact) mass is 315 g/mol. The molecule has 0 radical (unpaired) electrons. The van der Waals surface area contributed by atoms with E-state index < -0.39 is 0 Å². The van der Waals surface area contributed by atoms with Crippen molar-refractivity contribution in [2.75, 3.05) is 0 Å². The van der Waals surface area contributed by atoms with Crippen molar-refractivity contribution >= 4 is 18.1 Å². The van der Waals surface area contributed by atoms with Gasteiger partial charge in [0.05, 0.1) is 12.0 Å². The Balaban J connectivity index is 1.58. The Hall–Kier alpha value is -2.17. The molecule has 1 atom stereocenters. The standard InChI is InChI=1S/C18H21NO4/c20-11-12-1-5-14(6-2-12)23-15-7-3-13(4-8-15)16-9-10-17(21)19-18(16)22/h3-4,7-8,11-12,14,16H,1-2,5-6,9-10H2,(H,19,21,22). The largest absolute Gasteiger partial charge is 0.490 e. The molecule has 2 amide bonds. The summed E-state index contributed by atoms with van der Waals surface area (Å²) < 4.78 is 5.96. The zero-order valence-electron chi connectivity index (χ0n) is 13.0. The van der Waals surface area contributed by atoms with Crippen molar-refractivity contribution in [3.8, 4) is 5.75 Å². The second-order valence-electron chi connectivity index (χ2n) is 6.36. The highest BCUT2D eigenvalue weighted by molar-refractivity contribution is 6.00. The van der Waals surface area contributed by atoms with E-state index in [0.717, 1.165) is 43.3 Å². The SMILES string of the molecule is O=CC1CCC(Oc2ccc(C3CCC(=O)NC3=O)cc2)CC1. The van der Waals surface area contributed by atoms with Gasteiger partial charge in [-0.1, -0.05) is 12.1 Å². The van der Waals surface area contributed by atoms with Crippen molar-refractivity contribution in [1.29, 1.82) is 0 Å². The maximum absolute atomic E-state index is 11.9. The van der Waals surface area contributed by atoms with Gasteiger partial charge in [-0.2, -0.15) is 0 Å². The van der Waals surface area contributed by atoms with E-state index in [9.17, 15) is 14.4 Å². The molecule has 5 nitrogen and oxygen atoms in total. The number of nitrogens with one attached hydrogen (secondary N) is 1. The Labute approximate surface area is 135 Å². The van der Waals surface area contributed by atoms with Crippen molar-refractivity contribution < 1.29 is 19.1 Å². The lowest BCUT2D eigenvalue weighted by Gasteiger charge is -2.26. The summed E-state index contributed by atoms with van der Waals surface area (Å²) in [6, 6.07) is 7.55. The van der Waals surface area contributed by atoms with Gasteiger partial charge in [0.15, 0.2) is 0 Å². The second kappa shape index (κ2) is 6.94. The number of hydrogen-bond acceptors (Lipinski definition) is 4. The summed E-state index contributed by atoms with van der Waals surface area (Å²) in [5, 5.41) is 2.38. The van der Waals surface area contributed by atoms with Crippen LogP contribution in [0.5, 0.6) is 5.75 Å². The molecule has 1 aliphatic heterocycles. The van der Waals surface area contributed by atoms with Gasteiger partial charge in [-0.05, 0) is 49.8 Å². The van der Waals surface area contributed by atoms with Crippen LogP contribution in [-0.4, -0.2) is 24.2 Å². The van der Waals surface area contributed by atoms with Gasteiger partial charge in [0.2, 0.25) is 11.8 Å². The van der Waals surface area contributed by atoms with Crippen LogP contribution in [0.15, 0.2) is 24.3 Å². The number of amides is 2. The highest BCUT2D eigenvalue weighted by Gasteiger charge is 2.28. The quantitative estimate of drug-likeness (QED) is 0.684. The highest BCUT2D eigenvalue weighted by atomic mass is 16.5. The maximum Gasteiger partial charge on any atom is 0.234 e. The number of benzene rings is 1. The van der Waals surface area contributed by atoms with E-state index in [2.05, 4.69) is 5.32 Å². The molecule has 2 aliphatic rings. The van der Waals surface area contributed by atoms with Crippen LogP contribution in [-0.2, 0) is 14.4 Å². The molecule has 1 heterocycles. The molecule has 1 unspecified atom stereocenters. The van der Waals surface area contributed by atoms with Crippen LogP contribution in [0, 0.1) is 5.92 Å². The zero-order chi connectivity index (χ0) is 16.2. The molecule has 0 bridgehead atoms. The lowest BCUT2D eigenvalue weighted by atomic mass is 9.88. The van der Waals surface area contributed by atoms with Crippen LogP contribution in [0.4, 0.5) is 0 Å². The minimum absolute atomic E-state index is 0.160. The number of carbonyl (C=O) groups is 3. The predicted molar refractivity (Wildman–Crippen MR) is 84.0 cm³/mol. The molecule has 2 fully saturated rings. The van der Waals surface area contributed by atoms with Gasteiger partial charge >= 0.3 is 0 Å². The number of piperidine rings is 1. The highest BCUT2D eigenvalue weighted by Crippen LogP contribution is 2.29. The summed E-state index contributed by atoms with van der Waals surface area (Å²) in [7, 11) is 0. The Bertz CT molecular complexity index is 588. The van der Waals surface area contributed by atoms with E-state index >= 15 is 0 Å². The van der Waals surface area contributed by atoms with Crippen molar-refractivity contribution in [1.82, 2.24) is 5.32 Å². The fourth-order valence-corrected chi connectivity index (χ4v) is 3.33. The van der Waals surface area contributed by atoms with Crippen LogP contribution in [0.25, 0.3) is 0 Å². The summed E-state index contributed by atoms with van der Waals surface area (Å²) in [5.41, 5.74) is 0.909. The average Bonchev–Trinajstić information content (AvgIpc) is 2.57. The fourth-order valence-electron chi connectivity index (χ4n) is 3.33. The minimum atomic E-state index is -0.259. The summed E-state index contributed by atoms with van der Waals surface area (Å²) >= 11 is 0. The molecule has 1 aromatic carbocycles. The molecular weight excluding hydrogens is 294 g/mol. The molecule has 1 saturated carbocycles. The molecule has 1 saturated heterocycles. The summed E-state index contributed by atoms with van der Waals surface area (Å²) in [6.45, 7) is 0. The Morgan fingerprint density at radius 3 is 2.30 bits per heavy atom. The first-order valence-electron chi connectivity index (χ1n) is 8.21. The number of imide groups is 1. The lowest BCUT2D eigenvalue weighted by Crippen LogP contribution is -2.39. The number of carbonyl (C=O) groups excluding carboxylic acids is 3. The third-order valence-electron chi connectivity index (χ3n) is 4.74. The van der Waals surface area contributed by atoms with Crippen LogP contribution in [0.3, 0.4) is 0 Å². The molecule has 3 rings (SSSR count). The number of hydrogen-bond donors (Lipinski definition) is 1. The predicted octanol–water partition coefficient (Wildman–Crippen LogP) is 2.34. The van der Waals surface area contributed by atoms with E-state index in [1.807, 2.05) is 24.3 Å². The van der Waals surface area contributed by atoms with Crippen LogP contribution in [0.1, 0.15) is 50.0 Å². The number of aldehydes is 1. The van der Waals surface area contributed by atoms with Crippen molar-refractivity contribution in [2.24, 2.45) is 5.92 Å². The number of ether oxygens (including phenoxy) is 1. The number of rotatable bonds is 4. The first-order valence-corrected chi connectivity index (χ1v) is 8.21. The van der Waals surface area contributed by atoms with E-state index in [1.54, 1.807) is 0 Å². The molecule has 23 heavy (non-hydrogen) atoms. The van der Waals surface area contributed by atoms with Gasteiger partial charge in [-0.25, -0.2) is 0 Å². The summed E-state index contributed by atoms with van der Waals surface area (Å²) in [4.78, 5) is 33.8.